The highest BCUT2D eigenvalue weighted by molar-refractivity contribution is 7.16. The van der Waals surface area contributed by atoms with E-state index in [1.54, 1.807) is 10.6 Å². The zero-order valence-electron chi connectivity index (χ0n) is 13.8. The number of thiazole rings is 1. The first-order valence-electron chi connectivity index (χ1n) is 7.90. The van der Waals surface area contributed by atoms with Crippen molar-refractivity contribution < 1.29 is 22.7 Å². The Balaban J connectivity index is 2.08. The van der Waals surface area contributed by atoms with Crippen molar-refractivity contribution in [2.24, 2.45) is 4.99 Å². The number of benzene rings is 2. The number of hydrogen-bond acceptors (Lipinski definition) is 3. The monoisotopic (exact) mass is 380 g/mol. The van der Waals surface area contributed by atoms with Gasteiger partial charge in [-0.25, -0.2) is 13.2 Å². The predicted octanol–water partition coefficient (Wildman–Crippen LogP) is 3.90. The van der Waals surface area contributed by atoms with Crippen LogP contribution in [0.15, 0.2) is 41.4 Å². The first-order valence-corrected chi connectivity index (χ1v) is 8.72. The van der Waals surface area contributed by atoms with Crippen molar-refractivity contribution >= 4 is 27.5 Å². The van der Waals surface area contributed by atoms with Crippen LogP contribution in [0.4, 0.5) is 13.2 Å². The third kappa shape index (κ3) is 3.86. The molecule has 0 aliphatic carbocycles. The highest BCUT2D eigenvalue weighted by Crippen LogP contribution is 2.19. The van der Waals surface area contributed by atoms with Gasteiger partial charge in [-0.15, -0.1) is 0 Å². The van der Waals surface area contributed by atoms with Crippen molar-refractivity contribution in [3.63, 3.8) is 0 Å². The summed E-state index contributed by atoms with van der Waals surface area (Å²) in [7, 11) is 0. The van der Waals surface area contributed by atoms with Gasteiger partial charge in [0, 0.05) is 19.2 Å². The first kappa shape index (κ1) is 18.3. The van der Waals surface area contributed by atoms with Crippen molar-refractivity contribution in [2.45, 2.75) is 13.5 Å². The summed E-state index contributed by atoms with van der Waals surface area (Å²) < 4.78 is 48.0. The Morgan fingerprint density at radius 2 is 1.88 bits per heavy atom. The summed E-state index contributed by atoms with van der Waals surface area (Å²) >= 11 is 1.11. The van der Waals surface area contributed by atoms with Crippen LogP contribution >= 0.6 is 11.3 Å². The number of hydrogen-bond donors (Lipinski definition) is 0. The summed E-state index contributed by atoms with van der Waals surface area (Å²) in [5, 5.41) is 0. The summed E-state index contributed by atoms with van der Waals surface area (Å²) in [5.41, 5.74) is 0.369. The van der Waals surface area contributed by atoms with Crippen molar-refractivity contribution in [3.05, 3.63) is 64.2 Å². The molecule has 3 rings (SSSR count). The van der Waals surface area contributed by atoms with Crippen LogP contribution in [0.3, 0.4) is 0 Å². The Hall–Kier alpha value is -2.45. The molecule has 0 fully saturated rings. The maximum absolute atomic E-state index is 13.8. The van der Waals surface area contributed by atoms with Gasteiger partial charge in [0.05, 0.1) is 22.4 Å². The van der Waals surface area contributed by atoms with E-state index in [1.165, 1.54) is 12.1 Å². The van der Waals surface area contributed by atoms with Gasteiger partial charge in [0.25, 0.3) is 5.91 Å². The molecule has 0 saturated heterocycles. The van der Waals surface area contributed by atoms with Crippen LogP contribution in [0.1, 0.15) is 17.3 Å². The number of carbonyl (C=O) groups excluding carboxylic acids is 1. The van der Waals surface area contributed by atoms with Crippen LogP contribution in [0.5, 0.6) is 0 Å². The van der Waals surface area contributed by atoms with E-state index < -0.39 is 23.4 Å². The van der Waals surface area contributed by atoms with Gasteiger partial charge in [-0.2, -0.15) is 4.99 Å². The molecule has 0 spiro atoms. The van der Waals surface area contributed by atoms with E-state index in [1.807, 2.05) is 6.92 Å². The van der Waals surface area contributed by atoms with E-state index in [9.17, 15) is 18.0 Å². The molecular weight excluding hydrogens is 365 g/mol. The van der Waals surface area contributed by atoms with Gasteiger partial charge >= 0.3 is 0 Å². The lowest BCUT2D eigenvalue weighted by Gasteiger charge is -2.05. The second-order valence-electron chi connectivity index (χ2n) is 5.39. The molecule has 1 aromatic heterocycles. The predicted molar refractivity (Wildman–Crippen MR) is 92.5 cm³/mol. The number of ether oxygens (including phenoxy) is 1. The molecule has 136 valence electrons. The molecule has 1 heterocycles. The van der Waals surface area contributed by atoms with Crippen LogP contribution in [0.25, 0.3) is 10.2 Å². The molecule has 0 saturated carbocycles. The molecule has 2 aromatic carbocycles. The standard InChI is InChI=1S/C18H15F3N2O2S/c1-2-25-8-7-23-15-6-4-12(20)10-16(15)26-18(23)22-17(24)13-5-3-11(19)9-14(13)21/h3-6,9-10H,2,7-8H2,1H3. The lowest BCUT2D eigenvalue weighted by atomic mass is 10.2. The van der Waals surface area contributed by atoms with E-state index in [0.717, 1.165) is 23.5 Å². The summed E-state index contributed by atoms with van der Waals surface area (Å²) in [4.78, 5) is 16.6. The molecule has 0 bridgehead atoms. The van der Waals surface area contributed by atoms with Crippen LogP contribution < -0.4 is 4.80 Å². The van der Waals surface area contributed by atoms with Crippen molar-refractivity contribution in [1.82, 2.24) is 4.57 Å². The van der Waals surface area contributed by atoms with Gasteiger partial charge in [-0.1, -0.05) is 11.3 Å². The molecule has 8 heteroatoms. The highest BCUT2D eigenvalue weighted by atomic mass is 32.1. The molecule has 0 atom stereocenters. The topological polar surface area (TPSA) is 43.6 Å². The fourth-order valence-electron chi connectivity index (χ4n) is 2.46. The maximum atomic E-state index is 13.8. The normalized spacial score (nSPS) is 12.1. The lowest BCUT2D eigenvalue weighted by molar-refractivity contribution is 0.0992. The Kier molecular flexibility index (Phi) is 5.53. The summed E-state index contributed by atoms with van der Waals surface area (Å²) in [6.45, 7) is 3.17. The van der Waals surface area contributed by atoms with E-state index in [2.05, 4.69) is 4.99 Å². The van der Waals surface area contributed by atoms with Gasteiger partial charge in [0.2, 0.25) is 0 Å². The number of nitrogens with zero attached hydrogens (tertiary/aromatic N) is 2. The van der Waals surface area contributed by atoms with Gasteiger partial charge in [-0.05, 0) is 37.3 Å². The first-order chi connectivity index (χ1) is 12.5. The van der Waals surface area contributed by atoms with Gasteiger partial charge < -0.3 is 9.30 Å². The number of fused-ring (bicyclic) bond motifs is 1. The number of aromatic nitrogens is 1. The van der Waals surface area contributed by atoms with E-state index in [-0.39, 0.29) is 5.56 Å². The van der Waals surface area contributed by atoms with Crippen molar-refractivity contribution in [1.29, 1.82) is 0 Å². The van der Waals surface area contributed by atoms with Crippen LogP contribution in [-0.2, 0) is 11.3 Å². The van der Waals surface area contributed by atoms with Gasteiger partial charge in [0.15, 0.2) is 4.80 Å². The molecule has 0 N–H and O–H groups in total. The molecule has 0 aliphatic heterocycles. The highest BCUT2D eigenvalue weighted by Gasteiger charge is 2.14. The Labute approximate surface area is 151 Å². The molecule has 1 amide bonds. The van der Waals surface area contributed by atoms with Crippen molar-refractivity contribution in [3.8, 4) is 0 Å². The minimum absolute atomic E-state index is 0.291. The lowest BCUT2D eigenvalue weighted by Crippen LogP contribution is -2.20. The Bertz CT molecular complexity index is 1030. The second-order valence-corrected chi connectivity index (χ2v) is 6.40. The van der Waals surface area contributed by atoms with E-state index in [4.69, 9.17) is 4.74 Å². The minimum atomic E-state index is -0.980. The number of amides is 1. The maximum Gasteiger partial charge on any atom is 0.282 e. The number of rotatable bonds is 5. The number of carbonyl (C=O) groups is 1. The van der Waals surface area contributed by atoms with Gasteiger partial charge in [0.1, 0.15) is 17.5 Å². The molecular formula is C18H15F3N2O2S. The molecule has 0 radical (unpaired) electrons. The van der Waals surface area contributed by atoms with Gasteiger partial charge in [-0.3, -0.25) is 4.79 Å². The largest absolute Gasteiger partial charge is 0.380 e. The smallest absolute Gasteiger partial charge is 0.282 e. The van der Waals surface area contributed by atoms with Crippen LogP contribution in [0, 0.1) is 17.5 Å². The fourth-order valence-corrected chi connectivity index (χ4v) is 3.54. The fraction of sp³-hybridized carbons (Fsp3) is 0.222. The summed E-state index contributed by atoms with van der Waals surface area (Å²) in [6, 6.07) is 6.93. The average Bonchev–Trinajstić information content (AvgIpc) is 2.91. The summed E-state index contributed by atoms with van der Waals surface area (Å²) in [6.07, 6.45) is 0. The quantitative estimate of drug-likeness (QED) is 0.630. The zero-order valence-corrected chi connectivity index (χ0v) is 14.7. The van der Waals surface area contributed by atoms with Crippen LogP contribution in [0.2, 0.25) is 0 Å². The zero-order chi connectivity index (χ0) is 18.7. The average molecular weight is 380 g/mol. The minimum Gasteiger partial charge on any atom is -0.380 e. The number of halogens is 3. The second kappa shape index (κ2) is 7.84. The Morgan fingerprint density at radius 3 is 2.62 bits per heavy atom. The van der Waals surface area contributed by atoms with E-state index in [0.29, 0.717) is 40.8 Å². The third-order valence-electron chi connectivity index (χ3n) is 3.67. The Morgan fingerprint density at radius 1 is 1.15 bits per heavy atom. The van der Waals surface area contributed by atoms with Crippen LogP contribution in [-0.4, -0.2) is 23.7 Å². The van der Waals surface area contributed by atoms with Crippen molar-refractivity contribution in [2.75, 3.05) is 13.2 Å². The molecule has 4 nitrogen and oxygen atoms in total. The third-order valence-corrected chi connectivity index (χ3v) is 4.71. The molecule has 26 heavy (non-hydrogen) atoms. The molecule has 0 unspecified atom stereocenters. The SMILES string of the molecule is CCOCCn1c(=NC(=O)c2ccc(F)cc2F)sc2cc(F)ccc21. The molecule has 0 aliphatic rings. The summed E-state index contributed by atoms with van der Waals surface area (Å²) in [5.74, 6) is -2.99. The van der Waals surface area contributed by atoms with E-state index >= 15 is 0 Å². The molecule has 3 aromatic rings.